The summed E-state index contributed by atoms with van der Waals surface area (Å²) in [4.78, 5) is 51.0. The number of amides is 2. The van der Waals surface area contributed by atoms with E-state index >= 15 is 0 Å². The molecule has 0 aromatic heterocycles. The van der Waals surface area contributed by atoms with Gasteiger partial charge >= 0.3 is 12.1 Å². The van der Waals surface area contributed by atoms with Crippen molar-refractivity contribution >= 4 is 18.0 Å². The summed E-state index contributed by atoms with van der Waals surface area (Å²) in [7, 11) is 1.27. The van der Waals surface area contributed by atoms with Crippen molar-refractivity contribution in [2.75, 3.05) is 13.7 Å². The maximum atomic E-state index is 13.6. The van der Waals surface area contributed by atoms with Gasteiger partial charge in [0.2, 0.25) is 11.7 Å². The first kappa shape index (κ1) is 33.6. The third-order valence-electron chi connectivity index (χ3n) is 9.85. The van der Waals surface area contributed by atoms with E-state index in [1.807, 2.05) is 58.0 Å². The second-order valence-corrected chi connectivity index (χ2v) is 13.6. The Kier molecular flexibility index (Phi) is 10.4. The van der Waals surface area contributed by atoms with Crippen LogP contribution < -0.4 is 10.6 Å². The summed E-state index contributed by atoms with van der Waals surface area (Å²) in [5.41, 5.74) is 0.0389. The second kappa shape index (κ2) is 13.9. The third kappa shape index (κ3) is 7.15. The first-order valence-corrected chi connectivity index (χ1v) is 16.1. The fourth-order valence-electron chi connectivity index (χ4n) is 7.44. The molecule has 12 heteroatoms. The lowest BCUT2D eigenvalue weighted by molar-refractivity contribution is -0.577. The maximum absolute atomic E-state index is 13.6. The Balaban J connectivity index is 1.31. The summed E-state index contributed by atoms with van der Waals surface area (Å²) >= 11 is 0. The molecule has 250 valence electrons. The van der Waals surface area contributed by atoms with Crippen LogP contribution in [-0.2, 0) is 49.7 Å². The average Bonchev–Trinajstić information content (AvgIpc) is 3.25. The standard InChI is InChI=1S/C33H48N2O10/c1-19(2)16-25(28(37)39-6)34-27(36)26(35-31(38)41-17-22-10-8-7-9-11-22)18-40-29-21(4)24-13-12-20(3)23-14-15-32(5)43-30(42-29)33(23,24)45-44-32/h7-11,19-21,23-26,29-30H,12-18H2,1-6H3,(H,34,36)(H,35,38)/t20-,21-,23+,24+,25+,26+,29+,30-,32-,33-/m1/s1. The van der Waals surface area contributed by atoms with Gasteiger partial charge in [0.15, 0.2) is 18.2 Å². The second-order valence-electron chi connectivity index (χ2n) is 13.6. The fraction of sp³-hybridized carbons (Fsp3) is 0.727. The van der Waals surface area contributed by atoms with Gasteiger partial charge in [-0.2, -0.15) is 0 Å². The molecule has 4 heterocycles. The van der Waals surface area contributed by atoms with Crippen LogP contribution in [0.25, 0.3) is 0 Å². The van der Waals surface area contributed by atoms with Crippen molar-refractivity contribution < 1.29 is 47.8 Å². The monoisotopic (exact) mass is 632 g/mol. The topological polar surface area (TPSA) is 140 Å². The number of carbonyl (C=O) groups is 3. The number of ether oxygens (including phenoxy) is 5. The number of rotatable bonds is 11. The van der Waals surface area contributed by atoms with E-state index in [1.54, 1.807) is 0 Å². The summed E-state index contributed by atoms with van der Waals surface area (Å²) < 4.78 is 29.5. The third-order valence-corrected chi connectivity index (χ3v) is 9.85. The molecule has 12 nitrogen and oxygen atoms in total. The number of benzene rings is 1. The minimum atomic E-state index is -1.19. The van der Waals surface area contributed by atoms with E-state index in [2.05, 4.69) is 17.6 Å². The van der Waals surface area contributed by atoms with E-state index in [-0.39, 0.29) is 36.9 Å². The average molecular weight is 633 g/mol. The SMILES string of the molecule is COC(=O)[C@H](CC(C)C)NC(=O)[C@H](CO[C@H]1O[C@@H]2O[C@@]3(C)CC[C@H]4[C@H](C)CC[C@@H]([C@H]1C)[C@@]24OO3)NC(=O)OCc1ccccc1. The molecule has 5 fully saturated rings. The van der Waals surface area contributed by atoms with Crippen molar-refractivity contribution in [3.63, 3.8) is 0 Å². The van der Waals surface area contributed by atoms with Gasteiger partial charge < -0.3 is 34.3 Å². The van der Waals surface area contributed by atoms with Gasteiger partial charge in [0.1, 0.15) is 18.7 Å². The number of hydrogen-bond acceptors (Lipinski definition) is 10. The molecule has 2 amide bonds. The molecule has 2 N–H and O–H groups in total. The van der Waals surface area contributed by atoms with E-state index in [1.165, 1.54) is 7.11 Å². The molecule has 45 heavy (non-hydrogen) atoms. The number of nitrogens with one attached hydrogen (secondary N) is 2. The Hall–Kier alpha value is -2.77. The fourth-order valence-corrected chi connectivity index (χ4v) is 7.44. The van der Waals surface area contributed by atoms with Gasteiger partial charge in [-0.15, -0.1) is 0 Å². The minimum Gasteiger partial charge on any atom is -0.467 e. The van der Waals surface area contributed by atoms with E-state index in [0.717, 1.165) is 24.8 Å². The van der Waals surface area contributed by atoms with E-state index in [9.17, 15) is 14.4 Å². The summed E-state index contributed by atoms with van der Waals surface area (Å²) in [5, 5.41) is 5.35. The van der Waals surface area contributed by atoms with Crippen molar-refractivity contribution in [2.24, 2.45) is 29.6 Å². The normalized spacial score (nSPS) is 35.0. The Morgan fingerprint density at radius 3 is 2.47 bits per heavy atom. The number of alkyl carbamates (subject to hydrolysis) is 1. The highest BCUT2D eigenvalue weighted by molar-refractivity contribution is 5.89. The van der Waals surface area contributed by atoms with E-state index in [0.29, 0.717) is 18.8 Å². The molecule has 0 unspecified atom stereocenters. The molecule has 0 radical (unpaired) electrons. The molecule has 1 saturated carbocycles. The molecule has 4 aliphatic heterocycles. The van der Waals surface area contributed by atoms with Gasteiger partial charge in [0, 0.05) is 18.3 Å². The maximum Gasteiger partial charge on any atom is 0.408 e. The molecule has 5 aliphatic rings. The molecule has 1 aromatic rings. The van der Waals surface area contributed by atoms with Crippen LogP contribution in [0.1, 0.15) is 72.3 Å². The van der Waals surface area contributed by atoms with Gasteiger partial charge in [0.05, 0.1) is 13.7 Å². The van der Waals surface area contributed by atoms with Gasteiger partial charge in [-0.1, -0.05) is 58.0 Å². The Bertz CT molecular complexity index is 1200. The van der Waals surface area contributed by atoms with E-state index in [4.69, 9.17) is 33.5 Å². The van der Waals surface area contributed by atoms with Crippen molar-refractivity contribution in [1.29, 1.82) is 0 Å². The lowest BCUT2D eigenvalue weighted by Gasteiger charge is -2.60. The highest BCUT2D eigenvalue weighted by Gasteiger charge is 2.69. The van der Waals surface area contributed by atoms with Crippen molar-refractivity contribution in [2.45, 2.75) is 109 Å². The van der Waals surface area contributed by atoms with Crippen LogP contribution in [0.5, 0.6) is 0 Å². The zero-order chi connectivity index (χ0) is 32.4. The zero-order valence-electron chi connectivity index (χ0n) is 27.1. The number of esters is 1. The predicted octanol–water partition coefficient (Wildman–Crippen LogP) is 4.21. The quantitative estimate of drug-likeness (QED) is 0.269. The summed E-state index contributed by atoms with van der Waals surface area (Å²) in [5.74, 6) is -1.52. The zero-order valence-corrected chi connectivity index (χ0v) is 27.1. The molecule has 6 rings (SSSR count). The molecule has 2 bridgehead atoms. The van der Waals surface area contributed by atoms with Crippen molar-refractivity contribution in [3.05, 3.63) is 35.9 Å². The number of hydrogen-bond donors (Lipinski definition) is 2. The smallest absolute Gasteiger partial charge is 0.408 e. The van der Waals surface area contributed by atoms with Crippen LogP contribution in [-0.4, -0.2) is 67.7 Å². The summed E-state index contributed by atoms with van der Waals surface area (Å²) in [6, 6.07) is 7.12. The highest BCUT2D eigenvalue weighted by Crippen LogP contribution is 2.60. The molecular formula is C33H48N2O10. The van der Waals surface area contributed by atoms with Crippen LogP contribution in [0.4, 0.5) is 4.79 Å². The van der Waals surface area contributed by atoms with Crippen LogP contribution in [0.15, 0.2) is 30.3 Å². The number of fused-ring (bicyclic) bond motifs is 2. The van der Waals surface area contributed by atoms with Crippen LogP contribution in [0, 0.1) is 29.6 Å². The van der Waals surface area contributed by atoms with Gasteiger partial charge in [-0.3, -0.25) is 4.79 Å². The minimum absolute atomic E-state index is 0.0198. The first-order valence-electron chi connectivity index (χ1n) is 16.1. The first-order chi connectivity index (χ1) is 21.5. The molecule has 4 saturated heterocycles. The van der Waals surface area contributed by atoms with Gasteiger partial charge in [0.25, 0.3) is 0 Å². The molecule has 1 aliphatic carbocycles. The van der Waals surface area contributed by atoms with Crippen LogP contribution in [0.3, 0.4) is 0 Å². The van der Waals surface area contributed by atoms with Crippen molar-refractivity contribution in [1.82, 2.24) is 10.6 Å². The highest BCUT2D eigenvalue weighted by atomic mass is 17.3. The predicted molar refractivity (Wildman–Crippen MR) is 160 cm³/mol. The Labute approximate surface area is 265 Å². The van der Waals surface area contributed by atoms with E-state index < -0.39 is 54.0 Å². The molecule has 1 aromatic carbocycles. The number of methoxy groups -OCH3 is 1. The lowest BCUT2D eigenvalue weighted by Crippen LogP contribution is -2.70. The van der Waals surface area contributed by atoms with Gasteiger partial charge in [-0.05, 0) is 55.9 Å². The van der Waals surface area contributed by atoms with Crippen LogP contribution in [0.2, 0.25) is 0 Å². The Morgan fingerprint density at radius 1 is 1.00 bits per heavy atom. The van der Waals surface area contributed by atoms with Crippen LogP contribution >= 0.6 is 0 Å². The largest absolute Gasteiger partial charge is 0.467 e. The molecule has 10 atom stereocenters. The molecule has 1 spiro atoms. The number of carbonyl (C=O) groups excluding carboxylic acids is 3. The summed E-state index contributed by atoms with van der Waals surface area (Å²) in [6.45, 7) is 9.80. The van der Waals surface area contributed by atoms with Gasteiger partial charge in [-0.25, -0.2) is 19.4 Å². The summed E-state index contributed by atoms with van der Waals surface area (Å²) in [6.07, 6.45) is 1.59. The Morgan fingerprint density at radius 2 is 1.76 bits per heavy atom. The molecular weight excluding hydrogens is 584 g/mol. The lowest BCUT2D eigenvalue weighted by atomic mass is 9.58. The van der Waals surface area contributed by atoms with Crippen molar-refractivity contribution in [3.8, 4) is 0 Å².